The van der Waals surface area contributed by atoms with Gasteiger partial charge < -0.3 is 29.9 Å². The van der Waals surface area contributed by atoms with Crippen LogP contribution in [0.15, 0.2) is 140 Å². The van der Waals surface area contributed by atoms with Crippen LogP contribution < -0.4 is 20.1 Å². The Kier molecular flexibility index (Phi) is 19.0. The number of fused-ring (bicyclic) bond motifs is 2. The second kappa shape index (κ2) is 26.6. The van der Waals surface area contributed by atoms with Gasteiger partial charge in [0.1, 0.15) is 11.5 Å². The molecule has 1 saturated heterocycles. The number of amides is 2. The highest BCUT2D eigenvalue weighted by Gasteiger charge is 2.19. The molecule has 370 valence electrons. The molecule has 0 unspecified atom stereocenters. The number of likely N-dealkylation sites (tertiary alicyclic amines) is 1. The summed E-state index contributed by atoms with van der Waals surface area (Å²) in [5, 5.41) is 8.05. The lowest BCUT2D eigenvalue weighted by molar-refractivity contribution is 0.0944. The molecule has 2 amide bonds. The summed E-state index contributed by atoms with van der Waals surface area (Å²) in [5.74, 6) is 1.58. The lowest BCUT2D eigenvalue weighted by atomic mass is 9.94. The first kappa shape index (κ1) is 50.8. The Hall–Kier alpha value is -6.62. The van der Waals surface area contributed by atoms with Crippen molar-refractivity contribution in [1.29, 1.82) is 0 Å². The van der Waals surface area contributed by atoms with E-state index in [2.05, 4.69) is 39.6 Å². The van der Waals surface area contributed by atoms with Crippen molar-refractivity contribution in [2.75, 3.05) is 59.5 Å². The fourth-order valence-corrected chi connectivity index (χ4v) is 9.85. The Morgan fingerprint density at radius 2 is 1.11 bits per heavy atom. The van der Waals surface area contributed by atoms with Crippen molar-refractivity contribution in [2.45, 2.75) is 90.0 Å². The molecule has 1 aliphatic heterocycles. The van der Waals surface area contributed by atoms with Crippen LogP contribution in [-0.2, 0) is 6.42 Å². The first-order valence-electron chi connectivity index (χ1n) is 26.2. The first-order valence-corrected chi connectivity index (χ1v) is 26.2. The van der Waals surface area contributed by atoms with Crippen LogP contribution in [0.3, 0.4) is 0 Å². The van der Waals surface area contributed by atoms with E-state index in [9.17, 15) is 9.59 Å². The summed E-state index contributed by atoms with van der Waals surface area (Å²) in [4.78, 5) is 41.1. The van der Waals surface area contributed by atoms with Crippen molar-refractivity contribution in [3.63, 3.8) is 0 Å². The number of nitrogens with one attached hydrogen (secondary N) is 2. The smallest absolute Gasteiger partial charge is 0.252 e. The number of nitrogens with zero attached hydrogens (tertiary/aromatic N) is 4. The Morgan fingerprint density at radius 3 is 1.68 bits per heavy atom. The highest BCUT2D eigenvalue weighted by molar-refractivity contribution is 6.08. The van der Waals surface area contributed by atoms with E-state index in [4.69, 9.17) is 19.4 Å². The molecule has 10 nitrogen and oxygen atoms in total. The van der Waals surface area contributed by atoms with E-state index >= 15 is 0 Å². The summed E-state index contributed by atoms with van der Waals surface area (Å²) in [5.41, 5.74) is 7.75. The lowest BCUT2D eigenvalue weighted by Crippen LogP contribution is -2.35. The van der Waals surface area contributed by atoms with Gasteiger partial charge in [-0.05, 0) is 157 Å². The number of para-hydroxylation sites is 2. The summed E-state index contributed by atoms with van der Waals surface area (Å²) >= 11 is 0. The molecule has 2 aromatic heterocycles. The van der Waals surface area contributed by atoms with Gasteiger partial charge in [0.2, 0.25) is 0 Å². The average Bonchev–Trinajstić information content (AvgIpc) is 3.70. The quantitative estimate of drug-likeness (QED) is 0.0772. The second-order valence-corrected chi connectivity index (χ2v) is 19.0. The lowest BCUT2D eigenvalue weighted by Gasteiger charge is -2.31. The number of aromatic nitrogens is 2. The fraction of sp³-hybridized carbons (Fsp3) is 0.377. The van der Waals surface area contributed by atoms with Gasteiger partial charge in [0.25, 0.3) is 11.8 Å². The molecular formula is C61H72N6O4. The molecule has 0 atom stereocenters. The standard InChI is InChI=1S/C33H37N3O2.C28H35N3O2/c37-33(34-20-10-23-36-21-8-1-2-9-22-36)30-25-32(35-31-14-7-6-13-29(30)31)27-15-17-28(18-16-27)38-24-19-26-11-4-3-5-12-26;1-3-33-23-16-14-21(15-17-23)27-20-25(24-12-7-8-13-26(24)30-27)28(32)29-18-9-19-31(2)22-10-5-4-6-11-22/h3-7,11-18,25H,1-2,8-10,19-24H2,(H,34,37);7-8,12-17,20,22H,3-6,9-11,18-19H2,1-2H3,(H,29,32). The highest BCUT2D eigenvalue weighted by atomic mass is 16.5. The van der Waals surface area contributed by atoms with Gasteiger partial charge in [-0.25, -0.2) is 9.97 Å². The zero-order valence-electron chi connectivity index (χ0n) is 41.9. The predicted octanol–water partition coefficient (Wildman–Crippen LogP) is 12.2. The van der Waals surface area contributed by atoms with Gasteiger partial charge in [0.05, 0.1) is 46.8 Å². The monoisotopic (exact) mass is 953 g/mol. The molecule has 2 N–H and O–H groups in total. The number of rotatable bonds is 19. The average molecular weight is 953 g/mol. The van der Waals surface area contributed by atoms with Crippen LogP contribution in [-0.4, -0.2) is 97.2 Å². The molecule has 0 radical (unpaired) electrons. The van der Waals surface area contributed by atoms with Crippen LogP contribution in [0.25, 0.3) is 44.3 Å². The third-order valence-electron chi connectivity index (χ3n) is 13.8. The molecule has 71 heavy (non-hydrogen) atoms. The van der Waals surface area contributed by atoms with Crippen LogP contribution in [0, 0.1) is 0 Å². The molecule has 9 rings (SSSR count). The van der Waals surface area contributed by atoms with E-state index in [1.54, 1.807) is 0 Å². The van der Waals surface area contributed by atoms with Gasteiger partial charge in [-0.2, -0.15) is 0 Å². The number of carbonyl (C=O) groups excluding carboxylic acids is 2. The Labute approximate surface area is 421 Å². The van der Waals surface area contributed by atoms with Crippen molar-refractivity contribution in [3.8, 4) is 34.0 Å². The highest BCUT2D eigenvalue weighted by Crippen LogP contribution is 2.29. The van der Waals surface area contributed by atoms with E-state index < -0.39 is 0 Å². The van der Waals surface area contributed by atoms with Crippen LogP contribution in [0.4, 0.5) is 0 Å². The third-order valence-corrected chi connectivity index (χ3v) is 13.8. The molecule has 2 fully saturated rings. The first-order chi connectivity index (χ1) is 34.9. The minimum Gasteiger partial charge on any atom is -0.494 e. The van der Waals surface area contributed by atoms with E-state index in [1.165, 1.54) is 76.4 Å². The molecule has 10 heteroatoms. The summed E-state index contributed by atoms with van der Waals surface area (Å²) in [6, 6.07) is 46.4. The largest absolute Gasteiger partial charge is 0.494 e. The van der Waals surface area contributed by atoms with Crippen LogP contribution in [0.1, 0.15) is 104 Å². The van der Waals surface area contributed by atoms with E-state index in [0.717, 1.165) is 88.2 Å². The fourth-order valence-electron chi connectivity index (χ4n) is 9.85. The number of ether oxygens (including phenoxy) is 2. The molecule has 1 saturated carbocycles. The van der Waals surface area contributed by atoms with Gasteiger partial charge in [0.15, 0.2) is 0 Å². The SMILES string of the molecule is CCOc1ccc(-c2cc(C(=O)NCCCN(C)C3CCCCC3)c3ccccc3n2)cc1.O=C(NCCCN1CCCCCC1)c1cc(-c2ccc(OCCc3ccccc3)cc2)nc2ccccc12. The molecule has 1 aliphatic carbocycles. The van der Waals surface area contributed by atoms with Crippen LogP contribution in [0.5, 0.6) is 11.5 Å². The summed E-state index contributed by atoms with van der Waals surface area (Å²) in [6.45, 7) is 9.00. The maximum Gasteiger partial charge on any atom is 0.252 e. The van der Waals surface area contributed by atoms with E-state index in [-0.39, 0.29) is 11.8 Å². The van der Waals surface area contributed by atoms with Crippen LogP contribution in [0.2, 0.25) is 0 Å². The molecule has 7 aromatic rings. The molecule has 3 heterocycles. The number of benzene rings is 5. The molecule has 0 bridgehead atoms. The van der Waals surface area contributed by atoms with E-state index in [1.807, 2.05) is 134 Å². The second-order valence-electron chi connectivity index (χ2n) is 19.0. The van der Waals surface area contributed by atoms with Crippen molar-refractivity contribution in [2.24, 2.45) is 0 Å². The number of pyridine rings is 2. The number of carbonyl (C=O) groups is 2. The predicted molar refractivity (Wildman–Crippen MR) is 289 cm³/mol. The summed E-state index contributed by atoms with van der Waals surface area (Å²) < 4.78 is 11.5. The van der Waals surface area contributed by atoms with Crippen LogP contribution >= 0.6 is 0 Å². The normalized spacial score (nSPS) is 14.4. The van der Waals surface area contributed by atoms with Gasteiger partial charge in [-0.3, -0.25) is 9.59 Å². The van der Waals surface area contributed by atoms with Gasteiger partial charge in [0, 0.05) is 47.5 Å². The Morgan fingerprint density at radius 1 is 0.606 bits per heavy atom. The number of hydrogen-bond acceptors (Lipinski definition) is 8. The van der Waals surface area contributed by atoms with Gasteiger partial charge in [-0.15, -0.1) is 0 Å². The molecule has 0 spiro atoms. The summed E-state index contributed by atoms with van der Waals surface area (Å²) in [6.07, 6.45) is 14.7. The molecule has 2 aliphatic rings. The van der Waals surface area contributed by atoms with E-state index in [0.29, 0.717) is 43.5 Å². The zero-order valence-corrected chi connectivity index (χ0v) is 41.9. The Bertz CT molecular complexity index is 2750. The maximum absolute atomic E-state index is 13.3. The molecular weight excluding hydrogens is 881 g/mol. The summed E-state index contributed by atoms with van der Waals surface area (Å²) in [7, 11) is 2.22. The van der Waals surface area contributed by atoms with Crippen molar-refractivity contribution >= 4 is 33.6 Å². The topological polar surface area (TPSA) is 109 Å². The van der Waals surface area contributed by atoms with Gasteiger partial charge >= 0.3 is 0 Å². The minimum atomic E-state index is -0.0406. The van der Waals surface area contributed by atoms with Crippen molar-refractivity contribution in [1.82, 2.24) is 30.4 Å². The van der Waals surface area contributed by atoms with Crippen molar-refractivity contribution < 1.29 is 19.1 Å². The minimum absolute atomic E-state index is 0.0402. The maximum atomic E-state index is 13.3. The van der Waals surface area contributed by atoms with Crippen molar-refractivity contribution in [3.05, 3.63) is 156 Å². The van der Waals surface area contributed by atoms with Gasteiger partial charge in [-0.1, -0.05) is 98.8 Å². The number of hydrogen-bond donors (Lipinski definition) is 2. The molecule has 5 aromatic carbocycles. The zero-order chi connectivity index (χ0) is 49.0. The third kappa shape index (κ3) is 14.7. The Balaban J connectivity index is 0.000000192.